The fourth-order valence-electron chi connectivity index (χ4n) is 1.09. The van der Waals surface area contributed by atoms with E-state index in [-0.39, 0.29) is 14.6 Å². The molecule has 94 valence electrons. The van der Waals surface area contributed by atoms with Gasteiger partial charge in [-0.05, 0) is 37.9 Å². The lowest BCUT2D eigenvalue weighted by Crippen LogP contribution is -2.04. The lowest BCUT2D eigenvalue weighted by molar-refractivity contribution is 0.591. The highest BCUT2D eigenvalue weighted by Gasteiger charge is 2.17. The molecule has 0 spiro atoms. The van der Waals surface area contributed by atoms with Gasteiger partial charge in [-0.25, -0.2) is 8.78 Å². The van der Waals surface area contributed by atoms with Crippen molar-refractivity contribution in [3.8, 4) is 18.2 Å². The maximum Gasteiger partial charge on any atom is 0.163 e. The first-order valence-electron chi connectivity index (χ1n) is 4.50. The standard InChI is InChI=1S/C11H2Br2F2N4/c12-6-1-7(14)11(9(13)10(6)15)19-8(4-18)5(2-16)3-17/h1,19H. The van der Waals surface area contributed by atoms with Gasteiger partial charge in [-0.15, -0.1) is 0 Å². The Kier molecular flexibility index (Phi) is 5.00. The number of hydrogen-bond donors (Lipinski definition) is 1. The molecule has 1 rings (SSSR count). The number of anilines is 1. The summed E-state index contributed by atoms with van der Waals surface area (Å²) < 4.78 is 26.9. The largest absolute Gasteiger partial charge is 0.342 e. The van der Waals surface area contributed by atoms with Crippen molar-refractivity contribution in [3.05, 3.63) is 37.9 Å². The Hall–Kier alpha value is -1.95. The molecule has 4 nitrogen and oxygen atoms in total. The van der Waals surface area contributed by atoms with Crippen LogP contribution in [0.3, 0.4) is 0 Å². The second-order valence-electron chi connectivity index (χ2n) is 3.05. The molecule has 0 atom stereocenters. The lowest BCUT2D eigenvalue weighted by Gasteiger charge is -2.10. The Morgan fingerprint density at radius 2 is 1.68 bits per heavy atom. The summed E-state index contributed by atoms with van der Waals surface area (Å²) >= 11 is 5.64. The SMILES string of the molecule is N#CC(C#N)=C(C#N)Nc1c(F)cc(Br)c(F)c1Br. The Bertz CT molecular complexity index is 677. The zero-order chi connectivity index (χ0) is 14.6. The van der Waals surface area contributed by atoms with Crippen molar-refractivity contribution in [2.45, 2.75) is 0 Å². The van der Waals surface area contributed by atoms with E-state index in [9.17, 15) is 8.78 Å². The topological polar surface area (TPSA) is 83.4 Å². The third-order valence-corrected chi connectivity index (χ3v) is 3.27. The smallest absolute Gasteiger partial charge is 0.163 e. The van der Waals surface area contributed by atoms with Crippen LogP contribution in [0.15, 0.2) is 26.3 Å². The highest BCUT2D eigenvalue weighted by Crippen LogP contribution is 2.34. The van der Waals surface area contributed by atoms with Crippen LogP contribution in [0.2, 0.25) is 0 Å². The number of hydrogen-bond acceptors (Lipinski definition) is 4. The van der Waals surface area contributed by atoms with E-state index in [1.165, 1.54) is 12.1 Å². The summed E-state index contributed by atoms with van der Waals surface area (Å²) in [4.78, 5) is 0. The zero-order valence-corrected chi connectivity index (χ0v) is 12.1. The highest BCUT2D eigenvalue weighted by atomic mass is 79.9. The summed E-state index contributed by atoms with van der Waals surface area (Å²) in [5.74, 6) is -1.64. The average molecular weight is 388 g/mol. The van der Waals surface area contributed by atoms with Gasteiger partial charge in [-0.2, -0.15) is 15.8 Å². The van der Waals surface area contributed by atoms with Crippen molar-refractivity contribution in [2.24, 2.45) is 0 Å². The molecule has 0 saturated carbocycles. The van der Waals surface area contributed by atoms with Crippen molar-refractivity contribution in [1.82, 2.24) is 0 Å². The molecule has 0 fully saturated rings. The molecule has 0 bridgehead atoms. The van der Waals surface area contributed by atoms with Gasteiger partial charge in [0.05, 0.1) is 14.6 Å². The molecule has 1 aromatic carbocycles. The van der Waals surface area contributed by atoms with Crippen LogP contribution >= 0.6 is 31.9 Å². The minimum absolute atomic E-state index is 0.106. The van der Waals surface area contributed by atoms with E-state index in [2.05, 4.69) is 37.2 Å². The average Bonchev–Trinajstić information content (AvgIpc) is 2.40. The number of nitrogens with zero attached hydrogens (tertiary/aromatic N) is 3. The first-order chi connectivity index (χ1) is 8.96. The number of nitriles is 3. The molecule has 1 aromatic rings. The molecule has 0 saturated heterocycles. The molecular formula is C11H2Br2F2N4. The van der Waals surface area contributed by atoms with E-state index >= 15 is 0 Å². The highest BCUT2D eigenvalue weighted by molar-refractivity contribution is 9.11. The summed E-state index contributed by atoms with van der Waals surface area (Å²) in [6, 6.07) is 5.36. The predicted molar refractivity (Wildman–Crippen MR) is 69.2 cm³/mol. The molecule has 0 aliphatic heterocycles. The molecular weight excluding hydrogens is 386 g/mol. The normalized spacial score (nSPS) is 8.89. The van der Waals surface area contributed by atoms with E-state index in [1.807, 2.05) is 0 Å². The predicted octanol–water partition coefficient (Wildman–Crippen LogP) is 3.73. The summed E-state index contributed by atoms with van der Waals surface area (Å²) in [5.41, 5.74) is -1.37. The summed E-state index contributed by atoms with van der Waals surface area (Å²) in [5, 5.41) is 28.3. The van der Waals surface area contributed by atoms with Crippen molar-refractivity contribution in [2.75, 3.05) is 5.32 Å². The first-order valence-corrected chi connectivity index (χ1v) is 6.09. The second-order valence-corrected chi connectivity index (χ2v) is 4.70. The van der Waals surface area contributed by atoms with Crippen LogP contribution in [0.25, 0.3) is 0 Å². The summed E-state index contributed by atoms with van der Waals surface area (Å²) in [7, 11) is 0. The van der Waals surface area contributed by atoms with Gasteiger partial charge in [0.15, 0.2) is 11.4 Å². The van der Waals surface area contributed by atoms with Gasteiger partial charge in [0.25, 0.3) is 0 Å². The van der Waals surface area contributed by atoms with Gasteiger partial charge < -0.3 is 5.32 Å². The molecule has 0 amide bonds. The van der Waals surface area contributed by atoms with Crippen LogP contribution in [-0.4, -0.2) is 0 Å². The molecule has 19 heavy (non-hydrogen) atoms. The maximum atomic E-state index is 13.7. The van der Waals surface area contributed by atoms with Crippen molar-refractivity contribution >= 4 is 37.5 Å². The first kappa shape index (κ1) is 15.1. The second kappa shape index (κ2) is 6.29. The zero-order valence-electron chi connectivity index (χ0n) is 8.93. The number of benzene rings is 1. The molecule has 8 heteroatoms. The van der Waals surface area contributed by atoms with Gasteiger partial charge in [-0.3, -0.25) is 0 Å². The molecule has 0 aliphatic carbocycles. The van der Waals surface area contributed by atoms with Gasteiger partial charge in [-0.1, -0.05) is 0 Å². The molecule has 0 aromatic heterocycles. The number of rotatable bonds is 2. The fourth-order valence-corrected chi connectivity index (χ4v) is 2.26. The Balaban J connectivity index is 3.41. The fraction of sp³-hybridized carbons (Fsp3) is 0. The molecule has 0 unspecified atom stereocenters. The van der Waals surface area contributed by atoms with Crippen molar-refractivity contribution in [1.29, 1.82) is 15.8 Å². The van der Waals surface area contributed by atoms with Crippen LogP contribution < -0.4 is 5.32 Å². The molecule has 0 heterocycles. The summed E-state index contributed by atoms with van der Waals surface area (Å²) in [6.45, 7) is 0. The van der Waals surface area contributed by atoms with Crippen molar-refractivity contribution in [3.63, 3.8) is 0 Å². The van der Waals surface area contributed by atoms with Gasteiger partial charge >= 0.3 is 0 Å². The minimum Gasteiger partial charge on any atom is -0.342 e. The molecule has 1 N–H and O–H groups in total. The van der Waals surface area contributed by atoms with Crippen LogP contribution in [0.4, 0.5) is 14.5 Å². The summed E-state index contributed by atoms with van der Waals surface area (Å²) in [6.07, 6.45) is 0. The van der Waals surface area contributed by atoms with E-state index in [0.29, 0.717) is 0 Å². The molecule has 0 radical (unpaired) electrons. The van der Waals surface area contributed by atoms with Gasteiger partial charge in [0.2, 0.25) is 0 Å². The number of nitrogens with one attached hydrogen (secondary N) is 1. The number of allylic oxidation sites excluding steroid dienone is 2. The third-order valence-electron chi connectivity index (χ3n) is 1.95. The van der Waals surface area contributed by atoms with Crippen molar-refractivity contribution < 1.29 is 8.78 Å². The monoisotopic (exact) mass is 386 g/mol. The van der Waals surface area contributed by atoms with Crippen LogP contribution in [0.5, 0.6) is 0 Å². The molecule has 0 aliphatic rings. The van der Waals surface area contributed by atoms with E-state index in [1.54, 1.807) is 6.07 Å². The lowest BCUT2D eigenvalue weighted by atomic mass is 10.2. The van der Waals surface area contributed by atoms with Crippen LogP contribution in [0.1, 0.15) is 0 Å². The Morgan fingerprint density at radius 3 is 2.16 bits per heavy atom. The van der Waals surface area contributed by atoms with Crippen LogP contribution in [-0.2, 0) is 0 Å². The Labute approximate surface area is 123 Å². The quantitative estimate of drug-likeness (QED) is 0.476. The number of halogens is 4. The van der Waals surface area contributed by atoms with E-state index in [4.69, 9.17) is 15.8 Å². The Morgan fingerprint density at radius 1 is 1.11 bits per heavy atom. The third kappa shape index (κ3) is 3.08. The van der Waals surface area contributed by atoms with Crippen LogP contribution in [0, 0.1) is 45.6 Å². The van der Waals surface area contributed by atoms with Gasteiger partial charge in [0, 0.05) is 0 Å². The van der Waals surface area contributed by atoms with Gasteiger partial charge in [0.1, 0.15) is 29.7 Å². The maximum absolute atomic E-state index is 13.7. The minimum atomic E-state index is -0.858. The van der Waals surface area contributed by atoms with E-state index < -0.39 is 22.9 Å². The van der Waals surface area contributed by atoms with E-state index in [0.717, 1.165) is 6.07 Å².